The van der Waals surface area contributed by atoms with Crippen LogP contribution in [0.25, 0.3) is 0 Å². The first-order chi connectivity index (χ1) is 12.3. The van der Waals surface area contributed by atoms with Crippen LogP contribution in [0, 0.1) is 5.82 Å². The van der Waals surface area contributed by atoms with E-state index >= 15 is 0 Å². The van der Waals surface area contributed by atoms with Crippen molar-refractivity contribution in [2.45, 2.75) is 19.0 Å². The van der Waals surface area contributed by atoms with Crippen LogP contribution in [0.3, 0.4) is 0 Å². The van der Waals surface area contributed by atoms with Crippen molar-refractivity contribution in [1.82, 2.24) is 4.57 Å². The van der Waals surface area contributed by atoms with Gasteiger partial charge >= 0.3 is 0 Å². The van der Waals surface area contributed by atoms with Crippen molar-refractivity contribution < 1.29 is 9.13 Å². The SMILES string of the molecule is Fc1ccccc1Cn1cccc1C1=NC(Cc2ccccc2)CO1. The predicted octanol–water partition coefficient (Wildman–Crippen LogP) is 4.06. The quantitative estimate of drug-likeness (QED) is 0.691. The summed E-state index contributed by atoms with van der Waals surface area (Å²) in [7, 11) is 0. The lowest BCUT2D eigenvalue weighted by molar-refractivity contribution is 0.315. The number of nitrogens with zero attached hydrogens (tertiary/aromatic N) is 2. The summed E-state index contributed by atoms with van der Waals surface area (Å²) >= 11 is 0. The minimum Gasteiger partial charge on any atom is -0.474 e. The highest BCUT2D eigenvalue weighted by atomic mass is 19.1. The molecule has 0 aliphatic carbocycles. The second-order valence-electron chi connectivity index (χ2n) is 6.20. The lowest BCUT2D eigenvalue weighted by atomic mass is 10.1. The van der Waals surface area contributed by atoms with E-state index < -0.39 is 0 Å². The predicted molar refractivity (Wildman–Crippen MR) is 96.4 cm³/mol. The molecule has 1 aliphatic heterocycles. The third-order valence-corrected chi connectivity index (χ3v) is 4.37. The molecule has 1 aliphatic rings. The number of rotatable bonds is 5. The molecule has 1 aromatic heterocycles. The molecule has 126 valence electrons. The second kappa shape index (κ2) is 6.93. The Hall–Kier alpha value is -2.88. The highest BCUT2D eigenvalue weighted by Crippen LogP contribution is 2.18. The highest BCUT2D eigenvalue weighted by Gasteiger charge is 2.22. The molecule has 0 fully saturated rings. The van der Waals surface area contributed by atoms with Crippen LogP contribution in [0.1, 0.15) is 16.8 Å². The molecule has 0 amide bonds. The third kappa shape index (κ3) is 3.48. The Morgan fingerprint density at radius 1 is 1.00 bits per heavy atom. The Labute approximate surface area is 146 Å². The molecule has 0 radical (unpaired) electrons. The fourth-order valence-corrected chi connectivity index (χ4v) is 3.10. The minimum atomic E-state index is -0.196. The topological polar surface area (TPSA) is 26.5 Å². The summed E-state index contributed by atoms with van der Waals surface area (Å²) in [6.07, 6.45) is 2.79. The van der Waals surface area contributed by atoms with Crippen LogP contribution < -0.4 is 0 Å². The van der Waals surface area contributed by atoms with E-state index in [0.717, 1.165) is 12.1 Å². The lowest BCUT2D eigenvalue weighted by Gasteiger charge is -2.09. The smallest absolute Gasteiger partial charge is 0.233 e. The fourth-order valence-electron chi connectivity index (χ4n) is 3.10. The number of hydrogen-bond donors (Lipinski definition) is 0. The first-order valence-electron chi connectivity index (χ1n) is 8.43. The van der Waals surface area contributed by atoms with E-state index in [0.29, 0.717) is 24.6 Å². The molecule has 0 saturated carbocycles. The van der Waals surface area contributed by atoms with E-state index in [1.54, 1.807) is 12.1 Å². The average molecular weight is 334 g/mol. The molecule has 0 N–H and O–H groups in total. The normalized spacial score (nSPS) is 16.5. The van der Waals surface area contributed by atoms with Gasteiger partial charge in [0.05, 0.1) is 12.6 Å². The highest BCUT2D eigenvalue weighted by molar-refractivity contribution is 5.93. The summed E-state index contributed by atoms with van der Waals surface area (Å²) < 4.78 is 21.7. The van der Waals surface area contributed by atoms with E-state index in [1.165, 1.54) is 11.6 Å². The number of benzene rings is 2. The maximum atomic E-state index is 13.9. The zero-order valence-electron chi connectivity index (χ0n) is 13.8. The Morgan fingerprint density at radius 2 is 1.80 bits per heavy atom. The van der Waals surface area contributed by atoms with Crippen LogP contribution in [-0.2, 0) is 17.7 Å². The van der Waals surface area contributed by atoms with Gasteiger partial charge in [0.25, 0.3) is 0 Å². The number of ether oxygens (including phenoxy) is 1. The Morgan fingerprint density at radius 3 is 2.64 bits per heavy atom. The number of hydrogen-bond acceptors (Lipinski definition) is 2. The minimum absolute atomic E-state index is 0.120. The first kappa shape index (κ1) is 15.6. The standard InChI is InChI=1S/C21H19FN2O/c22-19-10-5-4-9-17(19)14-24-12-6-11-20(24)21-23-18(15-25-21)13-16-7-2-1-3-8-16/h1-12,18H,13-15H2. The van der Waals surface area contributed by atoms with Gasteiger partial charge < -0.3 is 9.30 Å². The van der Waals surface area contributed by atoms with E-state index in [1.807, 2.05) is 47.2 Å². The summed E-state index contributed by atoms with van der Waals surface area (Å²) in [5, 5.41) is 0. The molecule has 0 saturated heterocycles. The van der Waals surface area contributed by atoms with Gasteiger partial charge in [0.2, 0.25) is 5.90 Å². The number of aromatic nitrogens is 1. The molecule has 4 heteroatoms. The van der Waals surface area contributed by atoms with Crippen LogP contribution in [-0.4, -0.2) is 23.1 Å². The maximum absolute atomic E-state index is 13.9. The summed E-state index contributed by atoms with van der Waals surface area (Å²) in [4.78, 5) is 4.73. The first-order valence-corrected chi connectivity index (χ1v) is 8.43. The molecular weight excluding hydrogens is 315 g/mol. The largest absolute Gasteiger partial charge is 0.474 e. The van der Waals surface area contributed by atoms with Crippen LogP contribution in [0.2, 0.25) is 0 Å². The number of halogens is 1. The van der Waals surface area contributed by atoms with E-state index in [2.05, 4.69) is 12.1 Å². The molecule has 1 unspecified atom stereocenters. The molecule has 1 atom stereocenters. The van der Waals surface area contributed by atoms with Crippen molar-refractivity contribution >= 4 is 5.90 Å². The summed E-state index contributed by atoms with van der Waals surface area (Å²) in [5.74, 6) is 0.445. The zero-order valence-corrected chi connectivity index (χ0v) is 13.8. The summed E-state index contributed by atoms with van der Waals surface area (Å²) in [6, 6.07) is 21.2. The van der Waals surface area contributed by atoms with Gasteiger partial charge in [-0.05, 0) is 30.2 Å². The van der Waals surface area contributed by atoms with Crippen molar-refractivity contribution in [3.63, 3.8) is 0 Å². The molecule has 3 aromatic rings. The van der Waals surface area contributed by atoms with Crippen LogP contribution >= 0.6 is 0 Å². The van der Waals surface area contributed by atoms with E-state index in [9.17, 15) is 4.39 Å². The zero-order chi connectivity index (χ0) is 17.1. The number of aliphatic imine (C=N–C) groups is 1. The Balaban J connectivity index is 1.52. The van der Waals surface area contributed by atoms with Crippen molar-refractivity contribution in [3.05, 3.63) is 95.6 Å². The summed E-state index contributed by atoms with van der Waals surface area (Å²) in [6.45, 7) is 1.04. The third-order valence-electron chi connectivity index (χ3n) is 4.37. The molecule has 25 heavy (non-hydrogen) atoms. The molecular formula is C21H19FN2O. The van der Waals surface area contributed by atoms with Crippen molar-refractivity contribution in [1.29, 1.82) is 0 Å². The molecule has 4 rings (SSSR count). The van der Waals surface area contributed by atoms with Gasteiger partial charge in [0.15, 0.2) is 0 Å². The second-order valence-corrected chi connectivity index (χ2v) is 6.20. The van der Waals surface area contributed by atoms with Crippen LogP contribution in [0.4, 0.5) is 4.39 Å². The molecule has 0 spiro atoms. The fraction of sp³-hybridized carbons (Fsp3) is 0.190. The Kier molecular flexibility index (Phi) is 4.34. The van der Waals surface area contributed by atoms with Crippen molar-refractivity contribution in [2.24, 2.45) is 4.99 Å². The van der Waals surface area contributed by atoms with Crippen molar-refractivity contribution in [3.8, 4) is 0 Å². The van der Waals surface area contributed by atoms with Crippen LogP contribution in [0.5, 0.6) is 0 Å². The molecule has 0 bridgehead atoms. The lowest BCUT2D eigenvalue weighted by Crippen LogP contribution is -2.11. The van der Waals surface area contributed by atoms with Crippen LogP contribution in [0.15, 0.2) is 77.9 Å². The maximum Gasteiger partial charge on any atom is 0.233 e. The van der Waals surface area contributed by atoms with Gasteiger partial charge in [-0.2, -0.15) is 0 Å². The van der Waals surface area contributed by atoms with Crippen molar-refractivity contribution in [2.75, 3.05) is 6.61 Å². The monoisotopic (exact) mass is 334 g/mol. The van der Waals surface area contributed by atoms with Gasteiger partial charge in [0.1, 0.15) is 18.1 Å². The van der Waals surface area contributed by atoms with Gasteiger partial charge in [-0.15, -0.1) is 0 Å². The molecule has 2 heterocycles. The molecule has 2 aromatic carbocycles. The van der Waals surface area contributed by atoms with Gasteiger partial charge in [0, 0.05) is 11.8 Å². The van der Waals surface area contributed by atoms with Gasteiger partial charge in [-0.3, -0.25) is 0 Å². The average Bonchev–Trinajstić information content (AvgIpc) is 3.27. The Bertz CT molecular complexity index is 886. The van der Waals surface area contributed by atoms with Gasteiger partial charge in [-0.25, -0.2) is 9.38 Å². The van der Waals surface area contributed by atoms with Gasteiger partial charge in [-0.1, -0.05) is 48.5 Å². The molecule has 3 nitrogen and oxygen atoms in total. The van der Waals surface area contributed by atoms with E-state index in [4.69, 9.17) is 9.73 Å². The van der Waals surface area contributed by atoms with E-state index in [-0.39, 0.29) is 11.9 Å². The summed E-state index contributed by atoms with van der Waals surface area (Å²) in [5.41, 5.74) is 2.79.